The normalized spacial score (nSPS) is 11.6. The molecule has 0 heterocycles. The first kappa shape index (κ1) is 16.5. The molecule has 2 aromatic rings. The van der Waals surface area contributed by atoms with Crippen molar-refractivity contribution in [2.24, 2.45) is 0 Å². The van der Waals surface area contributed by atoms with Crippen molar-refractivity contribution < 1.29 is 14.3 Å². The molecule has 0 radical (unpaired) electrons. The fourth-order valence-electron chi connectivity index (χ4n) is 2.10. The number of benzene rings is 2. The third-order valence-electron chi connectivity index (χ3n) is 3.48. The third-order valence-corrected chi connectivity index (χ3v) is 3.48. The fourth-order valence-corrected chi connectivity index (χ4v) is 2.10. The van der Waals surface area contributed by atoms with Crippen LogP contribution >= 0.6 is 0 Å². The van der Waals surface area contributed by atoms with Gasteiger partial charge in [-0.05, 0) is 50.1 Å². The number of aryl methyl sites for hydroxylation is 2. The van der Waals surface area contributed by atoms with E-state index in [0.717, 1.165) is 11.1 Å². The Morgan fingerprint density at radius 1 is 1.13 bits per heavy atom. The first-order chi connectivity index (χ1) is 10.9. The molecule has 5 nitrogen and oxygen atoms in total. The summed E-state index contributed by atoms with van der Waals surface area (Å²) in [5, 5.41) is 2.72. The molecule has 1 unspecified atom stereocenters. The standard InChI is InChI=1S/C18H20N2O3/c1-11-6-4-8-14(10-11)20-17(21)13(3)23-18(22)15-9-5-7-12(2)16(15)19/h4-10,13H,19H2,1-3H3,(H,20,21). The number of hydrogen-bond acceptors (Lipinski definition) is 4. The Balaban J connectivity index is 2.03. The van der Waals surface area contributed by atoms with Gasteiger partial charge < -0.3 is 15.8 Å². The smallest absolute Gasteiger partial charge is 0.341 e. The van der Waals surface area contributed by atoms with Crippen molar-refractivity contribution in [3.8, 4) is 0 Å². The Kier molecular flexibility index (Phi) is 5.01. The van der Waals surface area contributed by atoms with Crippen LogP contribution in [0.2, 0.25) is 0 Å². The van der Waals surface area contributed by atoms with Gasteiger partial charge in [-0.2, -0.15) is 0 Å². The van der Waals surface area contributed by atoms with Gasteiger partial charge in [0, 0.05) is 11.4 Å². The van der Waals surface area contributed by atoms with Crippen LogP contribution < -0.4 is 11.1 Å². The number of hydrogen-bond donors (Lipinski definition) is 2. The monoisotopic (exact) mass is 312 g/mol. The Morgan fingerprint density at radius 3 is 2.52 bits per heavy atom. The van der Waals surface area contributed by atoms with Gasteiger partial charge in [0.25, 0.3) is 5.91 Å². The van der Waals surface area contributed by atoms with Crippen LogP contribution in [-0.2, 0) is 9.53 Å². The molecule has 23 heavy (non-hydrogen) atoms. The minimum absolute atomic E-state index is 0.264. The third kappa shape index (κ3) is 4.10. The maximum Gasteiger partial charge on any atom is 0.341 e. The maximum atomic E-state index is 12.2. The number of nitrogens with two attached hydrogens (primary N) is 1. The second-order valence-corrected chi connectivity index (χ2v) is 5.44. The largest absolute Gasteiger partial charge is 0.449 e. The van der Waals surface area contributed by atoms with Gasteiger partial charge in [0.1, 0.15) is 0 Å². The zero-order chi connectivity index (χ0) is 17.0. The quantitative estimate of drug-likeness (QED) is 0.671. The average molecular weight is 312 g/mol. The Hall–Kier alpha value is -2.82. The minimum Gasteiger partial charge on any atom is -0.449 e. The second kappa shape index (κ2) is 6.96. The lowest BCUT2D eigenvalue weighted by atomic mass is 10.1. The lowest BCUT2D eigenvalue weighted by molar-refractivity contribution is -0.123. The number of carbonyl (C=O) groups excluding carboxylic acids is 2. The molecule has 0 fully saturated rings. The van der Waals surface area contributed by atoms with E-state index in [1.54, 1.807) is 31.2 Å². The minimum atomic E-state index is -0.928. The number of esters is 1. The predicted molar refractivity (Wildman–Crippen MR) is 90.3 cm³/mol. The maximum absolute atomic E-state index is 12.2. The van der Waals surface area contributed by atoms with Gasteiger partial charge >= 0.3 is 5.97 Å². The van der Waals surface area contributed by atoms with Gasteiger partial charge in [0.2, 0.25) is 0 Å². The summed E-state index contributed by atoms with van der Waals surface area (Å²) in [5.41, 5.74) is 8.98. The molecule has 0 aliphatic carbocycles. The number of anilines is 2. The molecule has 0 bridgehead atoms. The summed E-state index contributed by atoms with van der Waals surface area (Å²) in [5.74, 6) is -1.01. The van der Waals surface area contributed by atoms with Crippen LogP contribution in [-0.4, -0.2) is 18.0 Å². The Bertz CT molecular complexity index is 741. The first-order valence-corrected chi connectivity index (χ1v) is 7.32. The molecular formula is C18H20N2O3. The number of nitrogens with one attached hydrogen (secondary N) is 1. The van der Waals surface area contributed by atoms with E-state index < -0.39 is 18.0 Å². The van der Waals surface area contributed by atoms with Gasteiger partial charge in [-0.3, -0.25) is 4.79 Å². The Morgan fingerprint density at radius 2 is 1.83 bits per heavy atom. The van der Waals surface area contributed by atoms with Crippen LogP contribution in [0.5, 0.6) is 0 Å². The van der Waals surface area contributed by atoms with Crippen LogP contribution in [0.25, 0.3) is 0 Å². The lowest BCUT2D eigenvalue weighted by Crippen LogP contribution is -2.30. The van der Waals surface area contributed by atoms with Crippen molar-refractivity contribution in [3.63, 3.8) is 0 Å². The highest BCUT2D eigenvalue weighted by Gasteiger charge is 2.20. The van der Waals surface area contributed by atoms with Crippen LogP contribution in [0.15, 0.2) is 42.5 Å². The van der Waals surface area contributed by atoms with Gasteiger partial charge in [0.15, 0.2) is 6.10 Å². The number of amides is 1. The molecule has 0 saturated carbocycles. The molecule has 0 spiro atoms. The molecule has 0 saturated heterocycles. The molecule has 120 valence electrons. The zero-order valence-corrected chi connectivity index (χ0v) is 13.4. The number of para-hydroxylation sites is 1. The van der Waals surface area contributed by atoms with Crippen molar-refractivity contribution in [3.05, 3.63) is 59.2 Å². The van der Waals surface area contributed by atoms with E-state index in [4.69, 9.17) is 10.5 Å². The zero-order valence-electron chi connectivity index (χ0n) is 13.4. The summed E-state index contributed by atoms with van der Waals surface area (Å²) in [7, 11) is 0. The summed E-state index contributed by atoms with van der Waals surface area (Å²) in [6.45, 7) is 5.26. The van der Waals surface area contributed by atoms with E-state index in [0.29, 0.717) is 11.4 Å². The summed E-state index contributed by atoms with van der Waals surface area (Å²) >= 11 is 0. The number of ether oxygens (including phenoxy) is 1. The summed E-state index contributed by atoms with van der Waals surface area (Å²) in [6, 6.07) is 12.5. The van der Waals surface area contributed by atoms with Crippen LogP contribution in [0.1, 0.15) is 28.4 Å². The fraction of sp³-hybridized carbons (Fsp3) is 0.222. The molecule has 1 amide bonds. The van der Waals surface area contributed by atoms with Crippen LogP contribution in [0, 0.1) is 13.8 Å². The van der Waals surface area contributed by atoms with Crippen molar-refractivity contribution in [2.45, 2.75) is 26.9 Å². The molecule has 0 aliphatic rings. The molecule has 2 rings (SSSR count). The molecule has 5 heteroatoms. The van der Waals surface area contributed by atoms with Crippen molar-refractivity contribution in [1.82, 2.24) is 0 Å². The molecule has 0 aliphatic heterocycles. The van der Waals surface area contributed by atoms with E-state index in [1.165, 1.54) is 6.92 Å². The molecule has 1 atom stereocenters. The van der Waals surface area contributed by atoms with E-state index in [1.807, 2.05) is 25.1 Å². The summed E-state index contributed by atoms with van der Waals surface area (Å²) in [4.78, 5) is 24.3. The van der Waals surface area contributed by atoms with Crippen molar-refractivity contribution in [2.75, 3.05) is 11.1 Å². The van der Waals surface area contributed by atoms with Crippen LogP contribution in [0.3, 0.4) is 0 Å². The summed E-state index contributed by atoms with van der Waals surface area (Å²) < 4.78 is 5.21. The van der Waals surface area contributed by atoms with Crippen LogP contribution in [0.4, 0.5) is 11.4 Å². The SMILES string of the molecule is Cc1cccc(NC(=O)C(C)OC(=O)c2cccc(C)c2N)c1. The number of rotatable bonds is 4. The van der Waals surface area contributed by atoms with E-state index in [2.05, 4.69) is 5.32 Å². The summed E-state index contributed by atoms with van der Waals surface area (Å²) in [6.07, 6.45) is -0.928. The molecule has 2 aromatic carbocycles. The number of nitrogen functional groups attached to an aromatic ring is 1. The molecule has 0 aromatic heterocycles. The molecule has 3 N–H and O–H groups in total. The average Bonchev–Trinajstić information content (AvgIpc) is 2.49. The predicted octanol–water partition coefficient (Wildman–Crippen LogP) is 3.07. The highest BCUT2D eigenvalue weighted by Crippen LogP contribution is 2.18. The van der Waals surface area contributed by atoms with Crippen molar-refractivity contribution >= 4 is 23.3 Å². The molecular weight excluding hydrogens is 292 g/mol. The van der Waals surface area contributed by atoms with Gasteiger partial charge in [-0.1, -0.05) is 24.3 Å². The highest BCUT2D eigenvalue weighted by molar-refractivity contribution is 5.99. The van der Waals surface area contributed by atoms with Gasteiger partial charge in [-0.25, -0.2) is 4.79 Å². The van der Waals surface area contributed by atoms with Gasteiger partial charge in [0.05, 0.1) is 5.56 Å². The topological polar surface area (TPSA) is 81.4 Å². The van der Waals surface area contributed by atoms with Gasteiger partial charge in [-0.15, -0.1) is 0 Å². The number of carbonyl (C=O) groups is 2. The Labute approximate surface area is 135 Å². The van der Waals surface area contributed by atoms with E-state index in [9.17, 15) is 9.59 Å². The lowest BCUT2D eigenvalue weighted by Gasteiger charge is -2.15. The second-order valence-electron chi connectivity index (χ2n) is 5.44. The first-order valence-electron chi connectivity index (χ1n) is 7.32. The van der Waals surface area contributed by atoms with E-state index in [-0.39, 0.29) is 5.56 Å². The van der Waals surface area contributed by atoms with E-state index >= 15 is 0 Å². The highest BCUT2D eigenvalue weighted by atomic mass is 16.5. The van der Waals surface area contributed by atoms with Crippen molar-refractivity contribution in [1.29, 1.82) is 0 Å².